The van der Waals surface area contributed by atoms with Crippen LogP contribution in [0.2, 0.25) is 0 Å². The van der Waals surface area contributed by atoms with Gasteiger partial charge in [-0.15, -0.1) is 23.2 Å². The number of hydrogen-bond donors (Lipinski definition) is 5. The van der Waals surface area contributed by atoms with E-state index in [4.69, 9.17) is 50.6 Å². The number of hydrogen-bond acceptors (Lipinski definition) is 12. The van der Waals surface area contributed by atoms with Crippen LogP contribution >= 0.6 is 47.6 Å². The second-order valence-corrected chi connectivity index (χ2v) is 19.6. The molecule has 10 rings (SSSR count). The van der Waals surface area contributed by atoms with Gasteiger partial charge in [0.1, 0.15) is 36.5 Å². The maximum absolute atomic E-state index is 13.7. The zero-order valence-corrected chi connectivity index (χ0v) is 49.6. The van der Waals surface area contributed by atoms with Crippen molar-refractivity contribution in [3.8, 4) is 0 Å². The Labute approximate surface area is 489 Å². The molecule has 4 aromatic carbocycles. The fourth-order valence-corrected chi connectivity index (χ4v) is 9.23. The van der Waals surface area contributed by atoms with Gasteiger partial charge in [0, 0.05) is 38.4 Å². The SMILES string of the molecule is CCC.CCC.CN=C=S.CNC(=S)N1CCOC1=NC1CCc2c(F)cccc21.Fc1cccc2c1CCC2NC1=NCCO1.NC1CCc2c(F)cccc21.O=C(NCCCl)NC1CCc2c(F)cccc21.O=C=NCCCl. The van der Waals surface area contributed by atoms with E-state index >= 15 is 0 Å². The Morgan fingerprint density at radius 2 is 1.26 bits per heavy atom. The number of amidine groups is 2. The topological polar surface area (TPSA) is 179 Å². The van der Waals surface area contributed by atoms with Gasteiger partial charge in [-0.05, 0) is 145 Å². The van der Waals surface area contributed by atoms with E-state index in [1.54, 1.807) is 38.4 Å². The molecule has 4 aromatic rings. The first-order chi connectivity index (χ1) is 38.7. The van der Waals surface area contributed by atoms with Crippen molar-refractivity contribution < 1.29 is 36.6 Å². The molecule has 0 spiro atoms. The highest BCUT2D eigenvalue weighted by Crippen LogP contribution is 2.37. The van der Waals surface area contributed by atoms with Gasteiger partial charge in [-0.2, -0.15) is 0 Å². The zero-order chi connectivity index (χ0) is 58.8. The molecular weight excluding hydrogens is 1110 g/mol. The first-order valence-corrected chi connectivity index (χ1v) is 28.7. The van der Waals surface area contributed by atoms with Crippen molar-refractivity contribution in [1.82, 2.24) is 26.2 Å². The number of carbonyl (C=O) groups is 1. The number of ether oxygens (including phenoxy) is 2. The van der Waals surface area contributed by atoms with Crippen LogP contribution in [0.1, 0.15) is 135 Å². The molecule has 1 saturated heterocycles. The summed E-state index contributed by atoms with van der Waals surface area (Å²) in [6.45, 7) is 11.9. The van der Waals surface area contributed by atoms with Crippen LogP contribution in [0, 0.1) is 23.3 Å². The molecule has 0 saturated carbocycles. The molecule has 22 heteroatoms. The van der Waals surface area contributed by atoms with Crippen LogP contribution in [0.5, 0.6) is 0 Å². The molecule has 80 heavy (non-hydrogen) atoms. The predicted molar refractivity (Wildman–Crippen MR) is 321 cm³/mol. The number of alkyl halides is 2. The first kappa shape index (κ1) is 68.3. The Bertz CT molecular complexity index is 2730. The average molecular weight is 1190 g/mol. The molecule has 0 bridgehead atoms. The molecule has 436 valence electrons. The molecule has 4 atom stereocenters. The van der Waals surface area contributed by atoms with Gasteiger partial charge in [0.2, 0.25) is 6.08 Å². The molecule has 14 nitrogen and oxygen atoms in total. The van der Waals surface area contributed by atoms with Crippen LogP contribution in [0.4, 0.5) is 22.4 Å². The third-order valence-electron chi connectivity index (χ3n) is 12.3. The molecule has 4 aliphatic carbocycles. The third kappa shape index (κ3) is 21.8. The van der Waals surface area contributed by atoms with Crippen molar-refractivity contribution in [2.24, 2.45) is 25.7 Å². The molecule has 0 radical (unpaired) electrons. The smallest absolute Gasteiger partial charge is 0.315 e. The van der Waals surface area contributed by atoms with Gasteiger partial charge in [-0.25, -0.2) is 47.1 Å². The number of amides is 2. The van der Waals surface area contributed by atoms with Crippen molar-refractivity contribution in [2.45, 2.75) is 116 Å². The number of nitrogens with zero attached hydrogens (tertiary/aromatic N) is 5. The first-order valence-electron chi connectivity index (χ1n) is 26.9. The normalized spacial score (nSPS) is 18.1. The lowest BCUT2D eigenvalue weighted by molar-refractivity contribution is 0.237. The summed E-state index contributed by atoms with van der Waals surface area (Å²) in [5, 5.41) is 14.3. The minimum atomic E-state index is -0.257. The number of aliphatic imine (C=N–C) groups is 4. The quantitative estimate of drug-likeness (QED) is 0.0393. The van der Waals surface area contributed by atoms with E-state index in [0.29, 0.717) is 74.7 Å². The summed E-state index contributed by atoms with van der Waals surface area (Å²) < 4.78 is 64.5. The minimum Gasteiger partial charge on any atom is -0.463 e. The summed E-state index contributed by atoms with van der Waals surface area (Å²) in [5.74, 6) is 0.248. The maximum Gasteiger partial charge on any atom is 0.315 e. The summed E-state index contributed by atoms with van der Waals surface area (Å²) in [4.78, 5) is 37.8. The number of carbonyl (C=O) groups excluding carboxylic acids is 2. The van der Waals surface area contributed by atoms with Gasteiger partial charge in [0.25, 0.3) is 12.0 Å². The standard InChI is InChI=1S/C14H16FN3OS.C12H14ClFN2O.C12H13FN2O.C9H10FN.C3H4ClNO.2C3H8.C2H3NS/c1-16-14(20)18-7-8-19-13(18)17-12-6-5-9-10(12)3-2-4-11(9)15;13-6-7-15-12(17)16-11-5-4-8-9(11)2-1-3-10(8)14;13-10-3-1-2-9-8(10)4-5-11(9)15-12-14-6-7-16-12;10-8-3-1-2-7-6(8)4-5-9(7)11;4-1-2-5-3-6;2*1-3-2;1-3-2-4/h2-4,12H,5-8H2,1H3,(H,16,20);1-3,11H,4-7H2,(H2,15,16,17);1-3,11H,4-7H2,(H,14,15);1-3,9H,4-5,11H2;1-2H2;2*3H2,1-2H3;1H3. The highest BCUT2D eigenvalue weighted by atomic mass is 35.5. The largest absolute Gasteiger partial charge is 0.463 e. The van der Waals surface area contributed by atoms with E-state index in [-0.39, 0.29) is 53.5 Å². The Morgan fingerprint density at radius 1 is 0.762 bits per heavy atom. The maximum atomic E-state index is 13.7. The van der Waals surface area contributed by atoms with Crippen molar-refractivity contribution in [2.75, 3.05) is 65.2 Å². The molecule has 6 N–H and O–H groups in total. The summed E-state index contributed by atoms with van der Waals surface area (Å²) in [6.07, 6.45) is 10.2. The second kappa shape index (κ2) is 38.6. The number of urea groups is 1. The van der Waals surface area contributed by atoms with Gasteiger partial charge in [-0.3, -0.25) is 4.90 Å². The molecule has 2 aliphatic heterocycles. The van der Waals surface area contributed by atoms with E-state index in [1.807, 2.05) is 29.2 Å². The van der Waals surface area contributed by atoms with Crippen LogP contribution in [-0.2, 0) is 40.0 Å². The summed E-state index contributed by atoms with van der Waals surface area (Å²) in [7, 11) is 3.37. The number of isothiocyanates is 1. The fraction of sp³-hybridized carbons (Fsp3) is 0.483. The lowest BCUT2D eigenvalue weighted by Crippen LogP contribution is -2.39. The number of rotatable bonds is 7. The minimum absolute atomic E-state index is 0.0454. The summed E-state index contributed by atoms with van der Waals surface area (Å²) in [6, 6.07) is 21.5. The van der Waals surface area contributed by atoms with Crippen LogP contribution < -0.4 is 27.0 Å². The Kier molecular flexibility index (Phi) is 33.0. The molecule has 2 amide bonds. The number of benzene rings is 4. The van der Waals surface area contributed by atoms with Crippen molar-refractivity contribution in [1.29, 1.82) is 0 Å². The molecule has 0 aromatic heterocycles. The monoisotopic (exact) mass is 1190 g/mol. The molecular formula is C58H76Cl2F4N10O4S2. The van der Waals surface area contributed by atoms with Gasteiger partial charge in [0.05, 0.1) is 42.9 Å². The zero-order valence-electron chi connectivity index (χ0n) is 46.5. The van der Waals surface area contributed by atoms with E-state index < -0.39 is 0 Å². The van der Waals surface area contributed by atoms with E-state index in [2.05, 4.69) is 86.3 Å². The van der Waals surface area contributed by atoms with E-state index in [0.717, 1.165) is 89.5 Å². The molecule has 4 unspecified atom stereocenters. The van der Waals surface area contributed by atoms with E-state index in [1.165, 1.54) is 43.2 Å². The van der Waals surface area contributed by atoms with Gasteiger partial charge < -0.3 is 36.5 Å². The molecule has 6 aliphatic rings. The van der Waals surface area contributed by atoms with Gasteiger partial charge in [0.15, 0.2) is 5.11 Å². The number of nitrogens with two attached hydrogens (primary N) is 1. The van der Waals surface area contributed by atoms with Crippen molar-refractivity contribution >= 4 is 82.1 Å². The number of thiocarbonyl (C=S) groups is 2. The predicted octanol–water partition coefficient (Wildman–Crippen LogP) is 12.0. The van der Waals surface area contributed by atoms with Gasteiger partial charge >= 0.3 is 6.03 Å². The number of nitrogens with one attached hydrogen (secondary N) is 4. The molecule has 2 heterocycles. The summed E-state index contributed by atoms with van der Waals surface area (Å²) in [5.41, 5.74) is 12.8. The van der Waals surface area contributed by atoms with E-state index in [9.17, 15) is 27.2 Å². The van der Waals surface area contributed by atoms with Crippen molar-refractivity contribution in [3.63, 3.8) is 0 Å². The highest BCUT2D eigenvalue weighted by molar-refractivity contribution is 7.80. The fourth-order valence-electron chi connectivity index (χ4n) is 8.88. The summed E-state index contributed by atoms with van der Waals surface area (Å²) >= 11 is 19.9. The Morgan fingerprint density at radius 3 is 1.75 bits per heavy atom. The number of fused-ring (bicyclic) bond motifs is 4. The van der Waals surface area contributed by atoms with Crippen molar-refractivity contribution in [3.05, 3.63) is 141 Å². The van der Waals surface area contributed by atoms with Gasteiger partial charge in [-0.1, -0.05) is 89.1 Å². The Hall–Kier alpha value is -5.98. The van der Waals surface area contributed by atoms with Crippen LogP contribution in [0.15, 0.2) is 92.8 Å². The molecule has 1 fully saturated rings. The van der Waals surface area contributed by atoms with Crippen LogP contribution in [0.25, 0.3) is 0 Å². The van der Waals surface area contributed by atoms with Crippen LogP contribution in [-0.4, -0.2) is 105 Å². The lowest BCUT2D eigenvalue weighted by Gasteiger charge is -2.17. The number of isocyanates is 1. The Balaban J connectivity index is 0.000000260. The second-order valence-electron chi connectivity index (χ2n) is 18.2. The number of halogens is 6. The average Bonchev–Trinajstić information content (AvgIpc) is 4.42. The third-order valence-corrected chi connectivity index (χ3v) is 13.3. The lowest BCUT2D eigenvalue weighted by atomic mass is 10.1. The highest BCUT2D eigenvalue weighted by Gasteiger charge is 2.31. The van der Waals surface area contributed by atoms with Crippen LogP contribution in [0.3, 0.4) is 0 Å².